The molecule has 1 aromatic carbocycles. The summed E-state index contributed by atoms with van der Waals surface area (Å²) in [7, 11) is 0. The number of rotatable bonds is 7. The van der Waals surface area contributed by atoms with Crippen LogP contribution in [-0.2, 0) is 0 Å². The molecule has 0 saturated carbocycles. The van der Waals surface area contributed by atoms with E-state index in [4.69, 9.17) is 11.6 Å². The van der Waals surface area contributed by atoms with Crippen LogP contribution in [0.25, 0.3) is 0 Å². The van der Waals surface area contributed by atoms with Crippen molar-refractivity contribution in [1.29, 1.82) is 0 Å². The van der Waals surface area contributed by atoms with E-state index in [1.807, 2.05) is 0 Å². The predicted octanol–water partition coefficient (Wildman–Crippen LogP) is 6.06. The van der Waals surface area contributed by atoms with Crippen LogP contribution in [0.15, 0.2) is 24.3 Å². The molecule has 1 aromatic rings. The molecule has 0 bridgehead atoms. The van der Waals surface area contributed by atoms with Gasteiger partial charge < -0.3 is 0 Å². The van der Waals surface area contributed by atoms with Gasteiger partial charge in [-0.3, -0.25) is 0 Å². The number of hydrogen-bond acceptors (Lipinski definition) is 0. The molecule has 0 aromatic heterocycles. The number of hydrogen-bond donors (Lipinski definition) is 0. The van der Waals surface area contributed by atoms with Crippen LogP contribution >= 0.6 is 11.6 Å². The van der Waals surface area contributed by atoms with Crippen LogP contribution in [0.4, 0.5) is 0 Å². The van der Waals surface area contributed by atoms with Crippen LogP contribution in [0.1, 0.15) is 75.3 Å². The van der Waals surface area contributed by atoms with Gasteiger partial charge in [0.1, 0.15) is 0 Å². The van der Waals surface area contributed by atoms with E-state index in [0.717, 1.165) is 6.42 Å². The van der Waals surface area contributed by atoms with E-state index in [0.29, 0.717) is 5.92 Å². The normalized spacial score (nSPS) is 13.0. The van der Waals surface area contributed by atoms with E-state index in [9.17, 15) is 0 Å². The van der Waals surface area contributed by atoms with Crippen LogP contribution < -0.4 is 0 Å². The van der Waals surface area contributed by atoms with Crippen molar-refractivity contribution in [2.75, 3.05) is 0 Å². The molecule has 1 atom stereocenters. The van der Waals surface area contributed by atoms with Gasteiger partial charge >= 0.3 is 0 Å². The zero-order valence-electron chi connectivity index (χ0n) is 11.4. The van der Waals surface area contributed by atoms with Crippen LogP contribution in [0, 0.1) is 0 Å². The van der Waals surface area contributed by atoms with Gasteiger partial charge in [0, 0.05) is 0 Å². The number of alkyl halides is 1. The zero-order valence-corrected chi connectivity index (χ0v) is 12.1. The minimum Gasteiger partial charge on any atom is -0.118 e. The second kappa shape index (κ2) is 7.76. The minimum atomic E-state index is 0.188. The summed E-state index contributed by atoms with van der Waals surface area (Å²) in [6.07, 6.45) is 6.27. The Bertz CT molecular complexity index is 300. The monoisotopic (exact) mass is 252 g/mol. The minimum absolute atomic E-state index is 0.188. The Kier molecular flexibility index (Phi) is 6.65. The lowest BCUT2D eigenvalue weighted by Gasteiger charge is -2.11. The van der Waals surface area contributed by atoms with Gasteiger partial charge in [-0.1, -0.05) is 70.7 Å². The van der Waals surface area contributed by atoms with E-state index in [2.05, 4.69) is 45.0 Å². The average molecular weight is 253 g/mol. The standard InChI is InChI=1S/C16H25Cl/c1-4-5-6-7-8-16(17)15-11-9-14(10-12-15)13(2)3/h9-13,16H,4-8H2,1-3H3. The Balaban J connectivity index is 2.43. The third kappa shape index (κ3) is 5.12. The fourth-order valence-corrected chi connectivity index (χ4v) is 2.31. The highest BCUT2D eigenvalue weighted by Crippen LogP contribution is 2.27. The molecule has 17 heavy (non-hydrogen) atoms. The summed E-state index contributed by atoms with van der Waals surface area (Å²) in [5.74, 6) is 0.599. The molecule has 0 heterocycles. The lowest BCUT2D eigenvalue weighted by atomic mass is 9.99. The maximum absolute atomic E-state index is 6.42. The summed E-state index contributed by atoms with van der Waals surface area (Å²) in [6, 6.07) is 8.79. The van der Waals surface area contributed by atoms with Gasteiger partial charge in [-0.05, 0) is 23.5 Å². The molecule has 1 rings (SSSR count). The second-order valence-corrected chi connectivity index (χ2v) is 5.67. The van der Waals surface area contributed by atoms with E-state index < -0.39 is 0 Å². The second-order valence-electron chi connectivity index (χ2n) is 5.14. The van der Waals surface area contributed by atoms with Crippen molar-refractivity contribution in [3.8, 4) is 0 Å². The highest BCUT2D eigenvalue weighted by molar-refractivity contribution is 6.20. The van der Waals surface area contributed by atoms with Crippen molar-refractivity contribution in [2.24, 2.45) is 0 Å². The van der Waals surface area contributed by atoms with Crippen molar-refractivity contribution < 1.29 is 0 Å². The first-order chi connectivity index (χ1) is 8.15. The Morgan fingerprint density at radius 3 is 2.06 bits per heavy atom. The molecule has 0 fully saturated rings. The largest absolute Gasteiger partial charge is 0.118 e. The lowest BCUT2D eigenvalue weighted by Crippen LogP contribution is -1.93. The molecule has 0 spiro atoms. The van der Waals surface area contributed by atoms with E-state index >= 15 is 0 Å². The first kappa shape index (κ1) is 14.6. The highest BCUT2D eigenvalue weighted by atomic mass is 35.5. The van der Waals surface area contributed by atoms with Gasteiger partial charge in [0.2, 0.25) is 0 Å². The van der Waals surface area contributed by atoms with Crippen molar-refractivity contribution >= 4 is 11.6 Å². The molecular formula is C16H25Cl. The molecule has 1 heteroatoms. The summed E-state index contributed by atoms with van der Waals surface area (Å²) in [4.78, 5) is 0. The van der Waals surface area contributed by atoms with Gasteiger partial charge in [-0.25, -0.2) is 0 Å². The number of unbranched alkanes of at least 4 members (excludes halogenated alkanes) is 3. The maximum atomic E-state index is 6.42. The summed E-state index contributed by atoms with van der Waals surface area (Å²) in [5, 5.41) is 0.188. The highest BCUT2D eigenvalue weighted by Gasteiger charge is 2.08. The zero-order chi connectivity index (χ0) is 12.7. The van der Waals surface area contributed by atoms with Crippen molar-refractivity contribution in [3.63, 3.8) is 0 Å². The fraction of sp³-hybridized carbons (Fsp3) is 0.625. The molecule has 0 aliphatic carbocycles. The summed E-state index contributed by atoms with van der Waals surface area (Å²) >= 11 is 6.42. The summed E-state index contributed by atoms with van der Waals surface area (Å²) in [6.45, 7) is 6.68. The molecule has 1 unspecified atom stereocenters. The van der Waals surface area contributed by atoms with E-state index in [1.54, 1.807) is 0 Å². The first-order valence-electron chi connectivity index (χ1n) is 6.89. The molecule has 0 aliphatic rings. The van der Waals surface area contributed by atoms with E-state index in [-0.39, 0.29) is 5.38 Å². The topological polar surface area (TPSA) is 0 Å². The molecular weight excluding hydrogens is 228 g/mol. The summed E-state index contributed by atoms with van der Waals surface area (Å²) in [5.41, 5.74) is 2.66. The Hall–Kier alpha value is -0.490. The Labute approximate surface area is 111 Å². The van der Waals surface area contributed by atoms with Gasteiger partial charge in [-0.15, -0.1) is 11.6 Å². The molecule has 0 aliphatic heterocycles. The van der Waals surface area contributed by atoms with Crippen molar-refractivity contribution in [3.05, 3.63) is 35.4 Å². The maximum Gasteiger partial charge on any atom is 0.0585 e. The van der Waals surface area contributed by atoms with Gasteiger partial charge in [0.15, 0.2) is 0 Å². The van der Waals surface area contributed by atoms with Gasteiger partial charge in [-0.2, -0.15) is 0 Å². The van der Waals surface area contributed by atoms with Crippen LogP contribution in [0.2, 0.25) is 0 Å². The number of halogens is 1. The molecule has 0 radical (unpaired) electrons. The smallest absolute Gasteiger partial charge is 0.0585 e. The lowest BCUT2D eigenvalue weighted by molar-refractivity contribution is 0.624. The summed E-state index contributed by atoms with van der Waals surface area (Å²) < 4.78 is 0. The van der Waals surface area contributed by atoms with Gasteiger partial charge in [0.25, 0.3) is 0 Å². The Morgan fingerprint density at radius 2 is 1.53 bits per heavy atom. The van der Waals surface area contributed by atoms with Crippen molar-refractivity contribution in [2.45, 2.75) is 64.2 Å². The third-order valence-electron chi connectivity index (χ3n) is 3.28. The number of benzene rings is 1. The Morgan fingerprint density at radius 1 is 0.941 bits per heavy atom. The van der Waals surface area contributed by atoms with Gasteiger partial charge in [0.05, 0.1) is 5.38 Å². The SMILES string of the molecule is CCCCCCC(Cl)c1ccc(C(C)C)cc1. The van der Waals surface area contributed by atoms with Crippen molar-refractivity contribution in [1.82, 2.24) is 0 Å². The first-order valence-corrected chi connectivity index (χ1v) is 7.32. The molecule has 0 saturated heterocycles. The van der Waals surface area contributed by atoms with Crippen LogP contribution in [0.5, 0.6) is 0 Å². The van der Waals surface area contributed by atoms with Crippen LogP contribution in [-0.4, -0.2) is 0 Å². The molecule has 96 valence electrons. The predicted molar refractivity (Wildman–Crippen MR) is 77.9 cm³/mol. The van der Waals surface area contributed by atoms with Crippen LogP contribution in [0.3, 0.4) is 0 Å². The quantitative estimate of drug-likeness (QED) is 0.409. The average Bonchev–Trinajstić information content (AvgIpc) is 2.34. The molecule has 0 amide bonds. The van der Waals surface area contributed by atoms with E-state index in [1.165, 1.54) is 36.8 Å². The molecule has 0 nitrogen and oxygen atoms in total. The third-order valence-corrected chi connectivity index (χ3v) is 3.75. The fourth-order valence-electron chi connectivity index (χ4n) is 2.01. The molecule has 0 N–H and O–H groups in total.